The lowest BCUT2D eigenvalue weighted by molar-refractivity contribution is 0.402. The molecular weight excluding hydrogens is 284 g/mol. The Balaban J connectivity index is 2.27. The largest absolute Gasteiger partial charge is 0.149 e. The Kier molecular flexibility index (Phi) is 11.8. The zero-order chi connectivity index (χ0) is 16.0. The van der Waals surface area contributed by atoms with E-state index in [1.165, 1.54) is 88.3 Å². The van der Waals surface area contributed by atoms with Gasteiger partial charge in [-0.15, -0.1) is 11.3 Å². The number of hydrogen-bond acceptors (Lipinski definition) is 1. The highest BCUT2D eigenvalue weighted by molar-refractivity contribution is 7.10. The molecule has 0 bridgehead atoms. The normalized spacial score (nSPS) is 12.7. The summed E-state index contributed by atoms with van der Waals surface area (Å²) in [5, 5.41) is 2.38. The Morgan fingerprint density at radius 1 is 0.818 bits per heavy atom. The summed E-state index contributed by atoms with van der Waals surface area (Å²) in [6.07, 6.45) is 18.5. The molecule has 0 saturated carbocycles. The van der Waals surface area contributed by atoms with E-state index in [2.05, 4.69) is 32.2 Å². The molecule has 0 radical (unpaired) electrons. The molecule has 0 aliphatic heterocycles. The molecule has 22 heavy (non-hydrogen) atoms. The van der Waals surface area contributed by atoms with E-state index < -0.39 is 0 Å². The number of hydrogen-bond donors (Lipinski definition) is 0. The third-order valence-electron chi connectivity index (χ3n) is 4.74. The second kappa shape index (κ2) is 13.2. The van der Waals surface area contributed by atoms with Crippen LogP contribution in [-0.4, -0.2) is 0 Å². The van der Waals surface area contributed by atoms with Gasteiger partial charge in [0.1, 0.15) is 0 Å². The Bertz CT molecular complexity index is 353. The maximum absolute atomic E-state index is 2.41. The fraction of sp³-hybridized carbons (Fsp3) is 0.810. The van der Waals surface area contributed by atoms with Gasteiger partial charge in [-0.2, -0.15) is 0 Å². The first-order chi connectivity index (χ1) is 10.8. The molecule has 1 heterocycles. The zero-order valence-corrected chi connectivity index (χ0v) is 16.1. The molecule has 1 heteroatoms. The second-order valence-corrected chi connectivity index (χ2v) is 8.16. The highest BCUT2D eigenvalue weighted by Crippen LogP contribution is 2.25. The minimum absolute atomic E-state index is 0.928. The first-order valence-electron chi connectivity index (χ1n) is 9.80. The summed E-state index contributed by atoms with van der Waals surface area (Å²) >= 11 is 1.92. The molecule has 0 saturated heterocycles. The Labute approximate surface area is 143 Å². The van der Waals surface area contributed by atoms with Crippen LogP contribution in [0, 0.1) is 12.8 Å². The molecule has 1 aromatic heterocycles. The maximum Gasteiger partial charge on any atom is 0.00170 e. The SMILES string of the molecule is CCCCCCCCC(CCCCCC)Cc1csc(C)c1. The van der Waals surface area contributed by atoms with Crippen LogP contribution in [0.25, 0.3) is 0 Å². The van der Waals surface area contributed by atoms with Gasteiger partial charge >= 0.3 is 0 Å². The van der Waals surface area contributed by atoms with Crippen LogP contribution in [0.2, 0.25) is 0 Å². The highest BCUT2D eigenvalue weighted by atomic mass is 32.1. The summed E-state index contributed by atoms with van der Waals surface area (Å²) in [4.78, 5) is 1.47. The van der Waals surface area contributed by atoms with Crippen molar-refractivity contribution in [2.24, 2.45) is 5.92 Å². The molecule has 1 unspecified atom stereocenters. The summed E-state index contributed by atoms with van der Waals surface area (Å²) in [6, 6.07) is 2.41. The van der Waals surface area contributed by atoms with Gasteiger partial charge in [-0.1, -0.05) is 90.9 Å². The molecule has 128 valence electrons. The number of rotatable bonds is 14. The Morgan fingerprint density at radius 3 is 1.91 bits per heavy atom. The highest BCUT2D eigenvalue weighted by Gasteiger charge is 2.10. The fourth-order valence-electron chi connectivity index (χ4n) is 3.36. The minimum atomic E-state index is 0.928. The van der Waals surface area contributed by atoms with Gasteiger partial charge in [-0.05, 0) is 36.3 Å². The van der Waals surface area contributed by atoms with Gasteiger partial charge in [0.15, 0.2) is 0 Å². The second-order valence-electron chi connectivity index (χ2n) is 7.04. The minimum Gasteiger partial charge on any atom is -0.149 e. The van der Waals surface area contributed by atoms with Crippen molar-refractivity contribution in [1.82, 2.24) is 0 Å². The van der Waals surface area contributed by atoms with Gasteiger partial charge in [0.25, 0.3) is 0 Å². The molecule has 0 nitrogen and oxygen atoms in total. The van der Waals surface area contributed by atoms with Crippen molar-refractivity contribution in [2.75, 3.05) is 0 Å². The van der Waals surface area contributed by atoms with E-state index in [9.17, 15) is 0 Å². The summed E-state index contributed by atoms with van der Waals surface area (Å²) in [7, 11) is 0. The van der Waals surface area contributed by atoms with E-state index >= 15 is 0 Å². The van der Waals surface area contributed by atoms with E-state index in [-0.39, 0.29) is 0 Å². The van der Waals surface area contributed by atoms with Crippen LogP contribution in [0.5, 0.6) is 0 Å². The third kappa shape index (κ3) is 9.66. The average Bonchev–Trinajstić information content (AvgIpc) is 2.92. The molecule has 0 amide bonds. The van der Waals surface area contributed by atoms with Crippen molar-refractivity contribution in [3.63, 3.8) is 0 Å². The Hall–Kier alpha value is -0.300. The lowest BCUT2D eigenvalue weighted by Gasteiger charge is -2.16. The van der Waals surface area contributed by atoms with Crippen LogP contribution in [0.1, 0.15) is 101 Å². The van der Waals surface area contributed by atoms with Crippen molar-refractivity contribution < 1.29 is 0 Å². The molecule has 0 N–H and O–H groups in total. The van der Waals surface area contributed by atoms with E-state index in [0.717, 1.165) is 5.92 Å². The quantitative estimate of drug-likeness (QED) is 0.305. The summed E-state index contributed by atoms with van der Waals surface area (Å²) in [6.45, 7) is 6.84. The van der Waals surface area contributed by atoms with Crippen LogP contribution in [0.4, 0.5) is 0 Å². The molecule has 1 atom stereocenters. The van der Waals surface area contributed by atoms with Gasteiger partial charge in [0.2, 0.25) is 0 Å². The Morgan fingerprint density at radius 2 is 1.36 bits per heavy atom. The van der Waals surface area contributed by atoms with E-state index in [0.29, 0.717) is 0 Å². The molecule has 0 spiro atoms. The van der Waals surface area contributed by atoms with Gasteiger partial charge in [0, 0.05) is 4.88 Å². The molecule has 1 aromatic rings. The van der Waals surface area contributed by atoms with Crippen LogP contribution in [0.3, 0.4) is 0 Å². The van der Waals surface area contributed by atoms with Gasteiger partial charge < -0.3 is 0 Å². The number of unbranched alkanes of at least 4 members (excludes halogenated alkanes) is 8. The molecular formula is C21H38S. The summed E-state index contributed by atoms with van der Waals surface area (Å²) in [5.41, 5.74) is 1.59. The molecule has 0 aliphatic rings. The standard InChI is InChI=1S/C21H38S/c1-4-6-8-10-11-13-15-20(14-12-9-7-5-2)17-21-16-19(3)22-18-21/h16,18,20H,4-15,17H2,1-3H3. The predicted molar refractivity (Wildman–Crippen MR) is 103 cm³/mol. The van der Waals surface area contributed by atoms with Crippen LogP contribution in [0.15, 0.2) is 11.4 Å². The fourth-order valence-corrected chi connectivity index (χ4v) is 4.08. The van der Waals surface area contributed by atoms with Crippen molar-refractivity contribution in [1.29, 1.82) is 0 Å². The lowest BCUT2D eigenvalue weighted by atomic mass is 9.89. The van der Waals surface area contributed by atoms with Gasteiger partial charge in [0.05, 0.1) is 0 Å². The van der Waals surface area contributed by atoms with E-state index in [1.807, 2.05) is 11.3 Å². The maximum atomic E-state index is 2.41. The van der Waals surface area contributed by atoms with Gasteiger partial charge in [-0.25, -0.2) is 0 Å². The van der Waals surface area contributed by atoms with Crippen LogP contribution >= 0.6 is 11.3 Å². The summed E-state index contributed by atoms with van der Waals surface area (Å²) < 4.78 is 0. The van der Waals surface area contributed by atoms with Crippen molar-refractivity contribution in [3.8, 4) is 0 Å². The smallest absolute Gasteiger partial charge is 0.00170 e. The van der Waals surface area contributed by atoms with Crippen molar-refractivity contribution in [2.45, 2.75) is 104 Å². The molecule has 1 rings (SSSR count). The monoisotopic (exact) mass is 322 g/mol. The third-order valence-corrected chi connectivity index (χ3v) is 5.65. The molecule has 0 aromatic carbocycles. The molecule has 0 aliphatic carbocycles. The van der Waals surface area contributed by atoms with Crippen LogP contribution < -0.4 is 0 Å². The molecule has 0 fully saturated rings. The average molecular weight is 323 g/mol. The van der Waals surface area contributed by atoms with Gasteiger partial charge in [-0.3, -0.25) is 0 Å². The summed E-state index contributed by atoms with van der Waals surface area (Å²) in [5.74, 6) is 0.928. The van der Waals surface area contributed by atoms with E-state index in [1.54, 1.807) is 5.56 Å². The topological polar surface area (TPSA) is 0 Å². The predicted octanol–water partition coefficient (Wildman–Crippen LogP) is 7.94. The van der Waals surface area contributed by atoms with Crippen molar-refractivity contribution in [3.05, 3.63) is 21.9 Å². The number of aryl methyl sites for hydroxylation is 1. The number of thiophene rings is 1. The van der Waals surface area contributed by atoms with Crippen molar-refractivity contribution >= 4 is 11.3 Å². The zero-order valence-electron chi connectivity index (χ0n) is 15.3. The van der Waals surface area contributed by atoms with E-state index in [4.69, 9.17) is 0 Å². The first-order valence-corrected chi connectivity index (χ1v) is 10.7. The van der Waals surface area contributed by atoms with Crippen LogP contribution in [-0.2, 0) is 6.42 Å². The first kappa shape index (κ1) is 19.7. The lowest BCUT2D eigenvalue weighted by Crippen LogP contribution is -2.05.